The number of hydrogen-bond donors (Lipinski definition) is 1. The second-order valence-corrected chi connectivity index (χ2v) is 5.91. The maximum Gasteiger partial charge on any atom is 0.224 e. The van der Waals surface area contributed by atoms with E-state index in [-0.39, 0.29) is 17.9 Å². The van der Waals surface area contributed by atoms with Gasteiger partial charge in [0.05, 0.1) is 17.7 Å². The first-order valence-electron chi connectivity index (χ1n) is 7.53. The number of hydrogen-bond acceptors (Lipinski definition) is 3. The molecule has 110 valence electrons. The minimum Gasteiger partial charge on any atom is -0.348 e. The highest BCUT2D eigenvalue weighted by atomic mass is 16.2. The van der Waals surface area contributed by atoms with Gasteiger partial charge in [0.15, 0.2) is 0 Å². The Bertz CT molecular complexity index is 433. The Morgan fingerprint density at radius 3 is 2.85 bits per heavy atom. The third kappa shape index (κ3) is 3.79. The van der Waals surface area contributed by atoms with Crippen molar-refractivity contribution in [1.82, 2.24) is 15.2 Å². The molecule has 2 atom stereocenters. The van der Waals surface area contributed by atoms with Crippen molar-refractivity contribution in [2.75, 3.05) is 13.1 Å². The molecule has 1 aliphatic rings. The lowest BCUT2D eigenvalue weighted by Crippen LogP contribution is -2.46. The van der Waals surface area contributed by atoms with Crippen LogP contribution in [0.3, 0.4) is 0 Å². The van der Waals surface area contributed by atoms with Crippen molar-refractivity contribution in [2.45, 2.75) is 45.7 Å². The molecule has 0 radical (unpaired) electrons. The molecule has 0 spiro atoms. The van der Waals surface area contributed by atoms with Gasteiger partial charge in [-0.2, -0.15) is 0 Å². The second kappa shape index (κ2) is 6.84. The quantitative estimate of drug-likeness (QED) is 0.917. The molecule has 1 amide bonds. The summed E-state index contributed by atoms with van der Waals surface area (Å²) in [6.07, 6.45) is 3.86. The van der Waals surface area contributed by atoms with E-state index in [1.165, 1.54) is 0 Å². The third-order valence-electron chi connectivity index (χ3n) is 4.04. The summed E-state index contributed by atoms with van der Waals surface area (Å²) in [6.45, 7) is 8.35. The minimum absolute atomic E-state index is 0.0295. The zero-order valence-corrected chi connectivity index (χ0v) is 12.7. The molecule has 1 N–H and O–H groups in total. The summed E-state index contributed by atoms with van der Waals surface area (Å²) in [5, 5.41) is 3.10. The standard InChI is InChI=1S/C16H25N3O/c1-12(2)19-10-6-7-14(11-19)16(20)18-13(3)15-8-4-5-9-17-15/h4-5,8-9,12-14H,6-7,10-11H2,1-3H3,(H,18,20). The molecule has 2 heterocycles. The van der Waals surface area contributed by atoms with Crippen LogP contribution in [0.15, 0.2) is 24.4 Å². The van der Waals surface area contributed by atoms with Crippen LogP contribution < -0.4 is 5.32 Å². The summed E-state index contributed by atoms with van der Waals surface area (Å²) in [5.41, 5.74) is 0.914. The Labute approximate surface area is 121 Å². The fourth-order valence-corrected chi connectivity index (χ4v) is 2.73. The smallest absolute Gasteiger partial charge is 0.224 e. The molecule has 1 aliphatic heterocycles. The van der Waals surface area contributed by atoms with Gasteiger partial charge in [-0.05, 0) is 52.3 Å². The van der Waals surface area contributed by atoms with E-state index in [0.29, 0.717) is 6.04 Å². The molecule has 1 fully saturated rings. The molecule has 1 saturated heterocycles. The molecule has 1 aromatic heterocycles. The van der Waals surface area contributed by atoms with E-state index in [2.05, 4.69) is 29.0 Å². The van der Waals surface area contributed by atoms with Gasteiger partial charge < -0.3 is 10.2 Å². The average molecular weight is 275 g/mol. The maximum absolute atomic E-state index is 12.4. The monoisotopic (exact) mass is 275 g/mol. The average Bonchev–Trinajstić information content (AvgIpc) is 2.48. The third-order valence-corrected chi connectivity index (χ3v) is 4.04. The fourth-order valence-electron chi connectivity index (χ4n) is 2.73. The molecular weight excluding hydrogens is 250 g/mol. The Hall–Kier alpha value is -1.42. The van der Waals surface area contributed by atoms with Crippen LogP contribution in [0.4, 0.5) is 0 Å². The summed E-state index contributed by atoms with van der Waals surface area (Å²) in [4.78, 5) is 19.1. The van der Waals surface area contributed by atoms with Crippen molar-refractivity contribution < 1.29 is 4.79 Å². The normalized spacial score (nSPS) is 21.7. The summed E-state index contributed by atoms with van der Waals surface area (Å²) >= 11 is 0. The number of piperidine rings is 1. The van der Waals surface area contributed by atoms with E-state index in [1.807, 2.05) is 25.1 Å². The molecule has 4 heteroatoms. The number of aromatic nitrogens is 1. The van der Waals surface area contributed by atoms with Gasteiger partial charge in [0.2, 0.25) is 5.91 Å². The highest BCUT2D eigenvalue weighted by molar-refractivity contribution is 5.79. The van der Waals surface area contributed by atoms with Crippen molar-refractivity contribution in [3.63, 3.8) is 0 Å². The number of nitrogens with one attached hydrogen (secondary N) is 1. The first-order valence-corrected chi connectivity index (χ1v) is 7.53. The minimum atomic E-state index is -0.0295. The molecule has 20 heavy (non-hydrogen) atoms. The Kier molecular flexibility index (Phi) is 5.12. The van der Waals surface area contributed by atoms with Gasteiger partial charge in [-0.15, -0.1) is 0 Å². The summed E-state index contributed by atoms with van der Waals surface area (Å²) < 4.78 is 0. The van der Waals surface area contributed by atoms with Gasteiger partial charge in [-0.1, -0.05) is 6.07 Å². The molecule has 2 unspecified atom stereocenters. The SMILES string of the molecule is CC(NC(=O)C1CCCN(C(C)C)C1)c1ccccn1. The number of carbonyl (C=O) groups is 1. The van der Waals surface area contributed by atoms with E-state index in [4.69, 9.17) is 0 Å². The van der Waals surface area contributed by atoms with Crippen LogP contribution in [0.5, 0.6) is 0 Å². The molecule has 0 saturated carbocycles. The van der Waals surface area contributed by atoms with Gasteiger partial charge in [0, 0.05) is 18.8 Å². The molecule has 0 aliphatic carbocycles. The van der Waals surface area contributed by atoms with Crippen LogP contribution in [-0.2, 0) is 4.79 Å². The number of amides is 1. The van der Waals surface area contributed by atoms with Gasteiger partial charge in [-0.25, -0.2) is 0 Å². The van der Waals surface area contributed by atoms with Gasteiger partial charge in [0.1, 0.15) is 0 Å². The van der Waals surface area contributed by atoms with E-state index >= 15 is 0 Å². The van der Waals surface area contributed by atoms with Gasteiger partial charge in [0.25, 0.3) is 0 Å². The predicted octanol–water partition coefficient (Wildman–Crippen LogP) is 2.38. The van der Waals surface area contributed by atoms with E-state index < -0.39 is 0 Å². The maximum atomic E-state index is 12.4. The van der Waals surface area contributed by atoms with E-state index in [0.717, 1.165) is 31.6 Å². The number of likely N-dealkylation sites (tertiary alicyclic amines) is 1. The molecule has 0 aromatic carbocycles. The molecule has 2 rings (SSSR count). The van der Waals surface area contributed by atoms with Crippen LogP contribution in [0.2, 0.25) is 0 Å². The zero-order chi connectivity index (χ0) is 14.5. The lowest BCUT2D eigenvalue weighted by molar-refractivity contribution is -0.127. The summed E-state index contributed by atoms with van der Waals surface area (Å²) in [6, 6.07) is 6.27. The summed E-state index contributed by atoms with van der Waals surface area (Å²) in [5.74, 6) is 0.269. The topological polar surface area (TPSA) is 45.2 Å². The van der Waals surface area contributed by atoms with E-state index in [1.54, 1.807) is 6.20 Å². The predicted molar refractivity (Wildman–Crippen MR) is 80.2 cm³/mol. The molecule has 1 aromatic rings. The Morgan fingerprint density at radius 1 is 1.40 bits per heavy atom. The second-order valence-electron chi connectivity index (χ2n) is 5.91. The Morgan fingerprint density at radius 2 is 2.20 bits per heavy atom. The highest BCUT2D eigenvalue weighted by Gasteiger charge is 2.27. The Balaban J connectivity index is 1.91. The van der Waals surface area contributed by atoms with Crippen molar-refractivity contribution >= 4 is 5.91 Å². The van der Waals surface area contributed by atoms with Crippen LogP contribution in [-0.4, -0.2) is 34.9 Å². The van der Waals surface area contributed by atoms with Gasteiger partial charge >= 0.3 is 0 Å². The van der Waals surface area contributed by atoms with Crippen molar-refractivity contribution in [1.29, 1.82) is 0 Å². The largest absolute Gasteiger partial charge is 0.348 e. The van der Waals surface area contributed by atoms with Crippen LogP contribution >= 0.6 is 0 Å². The lowest BCUT2D eigenvalue weighted by Gasteiger charge is -2.35. The van der Waals surface area contributed by atoms with Crippen molar-refractivity contribution in [2.24, 2.45) is 5.92 Å². The summed E-state index contributed by atoms with van der Waals surface area (Å²) in [7, 11) is 0. The van der Waals surface area contributed by atoms with Crippen LogP contribution in [0.1, 0.15) is 45.3 Å². The highest BCUT2D eigenvalue weighted by Crippen LogP contribution is 2.19. The van der Waals surface area contributed by atoms with Crippen LogP contribution in [0, 0.1) is 5.92 Å². The first kappa shape index (κ1) is 15.0. The number of nitrogens with zero attached hydrogens (tertiary/aromatic N) is 2. The molecular formula is C16H25N3O. The lowest BCUT2D eigenvalue weighted by atomic mass is 9.95. The zero-order valence-electron chi connectivity index (χ0n) is 12.7. The molecule has 0 bridgehead atoms. The van der Waals surface area contributed by atoms with Crippen molar-refractivity contribution in [3.8, 4) is 0 Å². The number of pyridine rings is 1. The number of rotatable bonds is 4. The van der Waals surface area contributed by atoms with Crippen molar-refractivity contribution in [3.05, 3.63) is 30.1 Å². The van der Waals surface area contributed by atoms with Crippen LogP contribution in [0.25, 0.3) is 0 Å². The van der Waals surface area contributed by atoms with Gasteiger partial charge in [-0.3, -0.25) is 9.78 Å². The first-order chi connectivity index (χ1) is 9.58. The molecule has 4 nitrogen and oxygen atoms in total. The number of carbonyl (C=O) groups excluding carboxylic acids is 1. The van der Waals surface area contributed by atoms with E-state index in [9.17, 15) is 4.79 Å². The fraction of sp³-hybridized carbons (Fsp3) is 0.625.